The lowest BCUT2D eigenvalue weighted by atomic mass is 9.99. The van der Waals surface area contributed by atoms with Gasteiger partial charge >= 0.3 is 0 Å². The fourth-order valence-corrected chi connectivity index (χ4v) is 3.22. The molecule has 0 radical (unpaired) electrons. The Labute approximate surface area is 107 Å². The van der Waals surface area contributed by atoms with Crippen molar-refractivity contribution in [2.24, 2.45) is 11.3 Å². The lowest BCUT2D eigenvalue weighted by molar-refractivity contribution is -0.140. The summed E-state index contributed by atoms with van der Waals surface area (Å²) < 4.78 is 0. The molecule has 1 aromatic rings. The van der Waals surface area contributed by atoms with E-state index in [2.05, 4.69) is 0 Å². The van der Waals surface area contributed by atoms with E-state index in [0.29, 0.717) is 0 Å². The van der Waals surface area contributed by atoms with Crippen molar-refractivity contribution in [3.63, 3.8) is 0 Å². The highest BCUT2D eigenvalue weighted by Crippen LogP contribution is 2.60. The zero-order valence-electron chi connectivity index (χ0n) is 10.7. The van der Waals surface area contributed by atoms with Gasteiger partial charge in [0.1, 0.15) is 11.2 Å². The number of carbonyl (C=O) groups is 2. The molecule has 1 aliphatic heterocycles. The highest BCUT2D eigenvalue weighted by atomic mass is 16.2. The Morgan fingerprint density at radius 1 is 1.39 bits per heavy atom. The molecule has 94 valence electrons. The van der Waals surface area contributed by atoms with Crippen LogP contribution in [0.25, 0.3) is 0 Å². The van der Waals surface area contributed by atoms with Crippen LogP contribution in [0.3, 0.4) is 0 Å². The summed E-state index contributed by atoms with van der Waals surface area (Å²) in [6, 6.07) is 10.0. The molecular formula is C15H17NO2. The Kier molecular flexibility index (Phi) is 2.34. The van der Waals surface area contributed by atoms with Crippen LogP contribution >= 0.6 is 0 Å². The van der Waals surface area contributed by atoms with Crippen molar-refractivity contribution >= 4 is 11.7 Å². The monoisotopic (exact) mass is 243 g/mol. The molecule has 0 spiro atoms. The van der Waals surface area contributed by atoms with Crippen LogP contribution in [0, 0.1) is 11.3 Å². The minimum Gasteiger partial charge on any atom is -0.335 e. The molecule has 2 fully saturated rings. The number of rotatable bonds is 3. The third-order valence-corrected chi connectivity index (χ3v) is 4.54. The van der Waals surface area contributed by atoms with Gasteiger partial charge in [-0.3, -0.25) is 9.59 Å². The molecule has 3 heteroatoms. The number of fused-ring (bicyclic) bond motifs is 1. The predicted molar refractivity (Wildman–Crippen MR) is 67.8 cm³/mol. The van der Waals surface area contributed by atoms with E-state index in [1.54, 1.807) is 6.92 Å². The lowest BCUT2D eigenvalue weighted by Gasteiger charge is -2.27. The highest BCUT2D eigenvalue weighted by Gasteiger charge is 2.70. The maximum absolute atomic E-state index is 12.4. The van der Waals surface area contributed by atoms with E-state index < -0.39 is 5.41 Å². The van der Waals surface area contributed by atoms with Gasteiger partial charge in [0.25, 0.3) is 0 Å². The number of Topliss-reactive ketones (excluding diaryl/α,β-unsaturated/α-hetero) is 1. The van der Waals surface area contributed by atoms with Crippen molar-refractivity contribution < 1.29 is 9.59 Å². The van der Waals surface area contributed by atoms with Gasteiger partial charge in [-0.05, 0) is 31.7 Å². The van der Waals surface area contributed by atoms with Gasteiger partial charge in [-0.1, -0.05) is 30.3 Å². The molecule has 18 heavy (non-hydrogen) atoms. The number of benzene rings is 1. The largest absolute Gasteiger partial charge is 0.335 e. The summed E-state index contributed by atoms with van der Waals surface area (Å²) in [5.41, 5.74) is 0.481. The van der Waals surface area contributed by atoms with Crippen molar-refractivity contribution in [3.8, 4) is 0 Å². The van der Waals surface area contributed by atoms with Crippen molar-refractivity contribution in [1.29, 1.82) is 0 Å². The Bertz CT molecular complexity index is 510. The molecule has 0 bridgehead atoms. The van der Waals surface area contributed by atoms with Gasteiger partial charge in [0.2, 0.25) is 5.91 Å². The SMILES string of the molecule is CC(=O)[C@]12C[C@H]1CN([C@@H](C)c1ccccc1)C2=O. The zero-order chi connectivity index (χ0) is 12.9. The summed E-state index contributed by atoms with van der Waals surface area (Å²) >= 11 is 0. The van der Waals surface area contributed by atoms with E-state index in [1.165, 1.54) is 0 Å². The smallest absolute Gasteiger partial charge is 0.237 e. The van der Waals surface area contributed by atoms with Crippen LogP contribution in [0.2, 0.25) is 0 Å². The van der Waals surface area contributed by atoms with E-state index in [4.69, 9.17) is 0 Å². The van der Waals surface area contributed by atoms with Gasteiger partial charge in [0, 0.05) is 6.54 Å². The van der Waals surface area contributed by atoms with E-state index in [9.17, 15) is 9.59 Å². The molecule has 3 nitrogen and oxygen atoms in total. The predicted octanol–water partition coefficient (Wildman–Crippen LogP) is 2.19. The summed E-state index contributed by atoms with van der Waals surface area (Å²) in [5, 5.41) is 0. The molecule has 3 rings (SSSR count). The average Bonchev–Trinajstić information content (AvgIpc) is 3.04. The number of carbonyl (C=O) groups excluding carboxylic acids is 2. The van der Waals surface area contributed by atoms with E-state index in [0.717, 1.165) is 18.5 Å². The van der Waals surface area contributed by atoms with E-state index in [-0.39, 0.29) is 23.7 Å². The maximum Gasteiger partial charge on any atom is 0.237 e. The maximum atomic E-state index is 12.4. The van der Waals surface area contributed by atoms with Crippen LogP contribution < -0.4 is 0 Å². The Morgan fingerprint density at radius 2 is 2.06 bits per heavy atom. The van der Waals surface area contributed by atoms with Crippen molar-refractivity contribution in [2.75, 3.05) is 6.54 Å². The fraction of sp³-hybridized carbons (Fsp3) is 0.467. The van der Waals surface area contributed by atoms with Crippen molar-refractivity contribution in [1.82, 2.24) is 4.90 Å². The third kappa shape index (κ3) is 1.36. The van der Waals surface area contributed by atoms with Gasteiger partial charge in [-0.25, -0.2) is 0 Å². The Balaban J connectivity index is 1.85. The molecule has 0 N–H and O–H groups in total. The Morgan fingerprint density at radius 3 is 2.61 bits per heavy atom. The molecule has 1 amide bonds. The number of likely N-dealkylation sites (tertiary alicyclic amines) is 1. The van der Waals surface area contributed by atoms with Crippen LogP contribution in [0.5, 0.6) is 0 Å². The third-order valence-electron chi connectivity index (χ3n) is 4.54. The second-order valence-electron chi connectivity index (χ2n) is 5.47. The number of ketones is 1. The van der Waals surface area contributed by atoms with Gasteiger partial charge in [-0.15, -0.1) is 0 Å². The van der Waals surface area contributed by atoms with Crippen LogP contribution in [-0.4, -0.2) is 23.1 Å². The number of hydrogen-bond acceptors (Lipinski definition) is 2. The first kappa shape index (κ1) is 11.5. The minimum absolute atomic E-state index is 0.0383. The van der Waals surface area contributed by atoms with Crippen LogP contribution in [0.4, 0.5) is 0 Å². The van der Waals surface area contributed by atoms with E-state index >= 15 is 0 Å². The van der Waals surface area contributed by atoms with Crippen molar-refractivity contribution in [3.05, 3.63) is 35.9 Å². The molecule has 3 atom stereocenters. The first-order valence-electron chi connectivity index (χ1n) is 6.44. The van der Waals surface area contributed by atoms with Gasteiger partial charge in [0.05, 0.1) is 6.04 Å². The zero-order valence-corrected chi connectivity index (χ0v) is 10.7. The number of hydrogen-bond donors (Lipinski definition) is 0. The molecule has 1 aliphatic carbocycles. The number of piperidine rings is 1. The van der Waals surface area contributed by atoms with Gasteiger partial charge < -0.3 is 4.90 Å². The van der Waals surface area contributed by atoms with Gasteiger partial charge in [0.15, 0.2) is 0 Å². The molecule has 1 saturated heterocycles. The van der Waals surface area contributed by atoms with Crippen molar-refractivity contribution in [2.45, 2.75) is 26.3 Å². The molecule has 1 aromatic carbocycles. The number of nitrogens with zero attached hydrogens (tertiary/aromatic N) is 1. The lowest BCUT2D eigenvalue weighted by Crippen LogP contribution is -2.36. The molecule has 1 heterocycles. The quantitative estimate of drug-likeness (QED) is 0.763. The Hall–Kier alpha value is -1.64. The first-order valence-corrected chi connectivity index (χ1v) is 6.44. The second kappa shape index (κ2) is 3.67. The fourth-order valence-electron chi connectivity index (χ4n) is 3.22. The minimum atomic E-state index is -0.650. The summed E-state index contributed by atoms with van der Waals surface area (Å²) in [6.45, 7) is 4.31. The first-order chi connectivity index (χ1) is 8.57. The topological polar surface area (TPSA) is 37.4 Å². The summed E-state index contributed by atoms with van der Waals surface area (Å²) in [5.74, 6) is 0.338. The van der Waals surface area contributed by atoms with Crippen LogP contribution in [-0.2, 0) is 9.59 Å². The highest BCUT2D eigenvalue weighted by molar-refractivity contribution is 6.10. The molecule has 0 aromatic heterocycles. The molecule has 1 saturated carbocycles. The normalized spacial score (nSPS) is 31.1. The average molecular weight is 243 g/mol. The van der Waals surface area contributed by atoms with Gasteiger partial charge in [-0.2, -0.15) is 0 Å². The standard InChI is InChI=1S/C15H17NO2/c1-10(12-6-4-3-5-7-12)16-9-13-8-15(13,11(2)17)14(16)18/h3-7,10,13H,8-9H2,1-2H3/t10-,13-,15+/m0/s1. The van der Waals surface area contributed by atoms with Crippen LogP contribution in [0.15, 0.2) is 30.3 Å². The van der Waals surface area contributed by atoms with Crippen LogP contribution in [0.1, 0.15) is 31.9 Å². The van der Waals surface area contributed by atoms with E-state index in [1.807, 2.05) is 42.2 Å². The summed E-state index contributed by atoms with van der Waals surface area (Å²) in [4.78, 5) is 26.0. The second-order valence-corrected chi connectivity index (χ2v) is 5.47. The summed E-state index contributed by atoms with van der Waals surface area (Å²) in [7, 11) is 0. The molecular weight excluding hydrogens is 226 g/mol. The molecule has 0 unspecified atom stereocenters. The number of amides is 1. The molecule has 2 aliphatic rings. The summed E-state index contributed by atoms with van der Waals surface area (Å²) in [6.07, 6.45) is 0.763.